The fourth-order valence-electron chi connectivity index (χ4n) is 4.04. The molecule has 0 atom stereocenters. The molecule has 3 heterocycles. The first-order valence-corrected chi connectivity index (χ1v) is 11.4. The minimum atomic E-state index is -0.175. The summed E-state index contributed by atoms with van der Waals surface area (Å²) in [6, 6.07) is 25.1. The van der Waals surface area contributed by atoms with Gasteiger partial charge in [0.25, 0.3) is 5.91 Å². The molecule has 0 aliphatic carbocycles. The van der Waals surface area contributed by atoms with Crippen molar-refractivity contribution in [1.82, 2.24) is 25.1 Å². The van der Waals surface area contributed by atoms with Crippen molar-refractivity contribution in [3.05, 3.63) is 108 Å². The molecular weight excluding hydrogens is 438 g/mol. The lowest BCUT2D eigenvalue weighted by atomic mass is 10.0. The van der Waals surface area contributed by atoms with Crippen molar-refractivity contribution in [1.29, 1.82) is 0 Å². The molecule has 0 unspecified atom stereocenters. The monoisotopic (exact) mass is 463 g/mol. The van der Waals surface area contributed by atoms with Crippen molar-refractivity contribution in [3.8, 4) is 17.0 Å². The van der Waals surface area contributed by atoms with Crippen LogP contribution < -0.4 is 10.1 Å². The van der Waals surface area contributed by atoms with Gasteiger partial charge in [-0.15, -0.1) is 0 Å². The lowest BCUT2D eigenvalue weighted by Crippen LogP contribution is -2.23. The maximum absolute atomic E-state index is 13.4. The lowest BCUT2D eigenvalue weighted by molar-refractivity contribution is 0.0952. The molecule has 3 aromatic heterocycles. The molecule has 0 saturated heterocycles. The molecule has 5 rings (SSSR count). The van der Waals surface area contributed by atoms with Crippen LogP contribution >= 0.6 is 0 Å². The minimum Gasteiger partial charge on any atom is -0.487 e. The van der Waals surface area contributed by atoms with Gasteiger partial charge in [0, 0.05) is 25.4 Å². The number of nitrogens with one attached hydrogen (secondary N) is 1. The summed E-state index contributed by atoms with van der Waals surface area (Å²) in [5.41, 5.74) is 5.48. The van der Waals surface area contributed by atoms with Gasteiger partial charge in [0.05, 0.1) is 28.0 Å². The van der Waals surface area contributed by atoms with E-state index < -0.39 is 0 Å². The highest BCUT2D eigenvalue weighted by molar-refractivity contribution is 6.07. The number of amides is 1. The van der Waals surface area contributed by atoms with E-state index >= 15 is 0 Å². The van der Waals surface area contributed by atoms with Crippen molar-refractivity contribution in [2.45, 2.75) is 20.1 Å². The van der Waals surface area contributed by atoms with Crippen molar-refractivity contribution in [2.75, 3.05) is 0 Å². The fraction of sp³-hybridized carbons (Fsp3) is 0.143. The zero-order valence-corrected chi connectivity index (χ0v) is 19.6. The summed E-state index contributed by atoms with van der Waals surface area (Å²) in [6.45, 7) is 2.64. The number of carbonyl (C=O) groups is 1. The molecule has 7 nitrogen and oxygen atoms in total. The Labute approximate surface area is 203 Å². The van der Waals surface area contributed by atoms with Crippen molar-refractivity contribution in [2.24, 2.45) is 7.05 Å². The van der Waals surface area contributed by atoms with Crippen molar-refractivity contribution < 1.29 is 9.53 Å². The summed E-state index contributed by atoms with van der Waals surface area (Å²) in [6.07, 6.45) is 1.74. The number of ether oxygens (including phenoxy) is 1. The van der Waals surface area contributed by atoms with Gasteiger partial charge in [-0.1, -0.05) is 48.5 Å². The van der Waals surface area contributed by atoms with E-state index in [0.717, 1.165) is 39.3 Å². The number of benzene rings is 2. The summed E-state index contributed by atoms with van der Waals surface area (Å²) in [5.74, 6) is 0.550. The van der Waals surface area contributed by atoms with Gasteiger partial charge in [-0.3, -0.25) is 14.5 Å². The molecule has 174 valence electrons. The average Bonchev–Trinajstić information content (AvgIpc) is 3.20. The van der Waals surface area contributed by atoms with Gasteiger partial charge in [0.1, 0.15) is 12.4 Å². The zero-order chi connectivity index (χ0) is 24.2. The van der Waals surface area contributed by atoms with E-state index in [2.05, 4.69) is 15.4 Å². The molecule has 0 fully saturated rings. The Morgan fingerprint density at radius 3 is 2.63 bits per heavy atom. The van der Waals surface area contributed by atoms with Gasteiger partial charge in [-0.25, -0.2) is 4.98 Å². The minimum absolute atomic E-state index is 0.175. The molecule has 35 heavy (non-hydrogen) atoms. The van der Waals surface area contributed by atoms with E-state index in [1.54, 1.807) is 10.9 Å². The van der Waals surface area contributed by atoms with Gasteiger partial charge in [-0.2, -0.15) is 5.10 Å². The Hall–Kier alpha value is -4.52. The first kappa shape index (κ1) is 22.3. The highest BCUT2D eigenvalue weighted by Crippen LogP contribution is 2.27. The van der Waals surface area contributed by atoms with E-state index in [1.807, 2.05) is 92.8 Å². The maximum atomic E-state index is 13.4. The topological polar surface area (TPSA) is 81.9 Å². The van der Waals surface area contributed by atoms with Gasteiger partial charge < -0.3 is 10.1 Å². The third kappa shape index (κ3) is 4.89. The molecular formula is C28H25N5O2. The SMILES string of the molecule is Cc1nn(C)c2nc(-c3ccccc3)cc(C(=O)NCc3cccc(OCc4ccccn4)c3)c12. The standard InChI is InChI=1S/C28H25N5O2/c1-19-26-24(16-25(21-10-4-3-5-11-21)31-27(26)33(2)32-19)28(34)30-17-20-9-8-13-23(15-20)35-18-22-12-6-7-14-29-22/h3-16H,17-18H2,1-2H3,(H,30,34). The number of hydrogen-bond donors (Lipinski definition) is 1. The predicted octanol–water partition coefficient (Wildman–Crippen LogP) is 4.85. The van der Waals surface area contributed by atoms with E-state index in [-0.39, 0.29) is 5.91 Å². The van der Waals surface area contributed by atoms with Gasteiger partial charge >= 0.3 is 0 Å². The lowest BCUT2D eigenvalue weighted by Gasteiger charge is -2.11. The van der Waals surface area contributed by atoms with Crippen LogP contribution in [-0.4, -0.2) is 25.7 Å². The van der Waals surface area contributed by atoms with Crippen LogP contribution in [0.1, 0.15) is 27.3 Å². The quantitative estimate of drug-likeness (QED) is 0.373. The molecule has 1 amide bonds. The normalized spacial score (nSPS) is 10.9. The number of nitrogens with zero attached hydrogens (tertiary/aromatic N) is 4. The molecule has 0 bridgehead atoms. The molecule has 2 aromatic carbocycles. The molecule has 0 saturated carbocycles. The zero-order valence-electron chi connectivity index (χ0n) is 19.6. The first-order chi connectivity index (χ1) is 17.1. The molecule has 0 aliphatic heterocycles. The van der Waals surface area contributed by atoms with Crippen LogP contribution in [0.3, 0.4) is 0 Å². The maximum Gasteiger partial charge on any atom is 0.252 e. The van der Waals surface area contributed by atoms with Crippen LogP contribution in [0.5, 0.6) is 5.75 Å². The van der Waals surface area contributed by atoms with Gasteiger partial charge in [-0.05, 0) is 42.8 Å². The summed E-state index contributed by atoms with van der Waals surface area (Å²) in [4.78, 5) is 22.4. The number of aryl methyl sites for hydroxylation is 2. The number of pyridine rings is 2. The number of carbonyl (C=O) groups excluding carboxylic acids is 1. The van der Waals surface area contributed by atoms with Crippen LogP contribution in [0.25, 0.3) is 22.3 Å². The second-order valence-corrected chi connectivity index (χ2v) is 8.27. The van der Waals surface area contributed by atoms with Crippen LogP contribution in [0.2, 0.25) is 0 Å². The highest BCUT2D eigenvalue weighted by Gasteiger charge is 2.19. The Morgan fingerprint density at radius 1 is 1.00 bits per heavy atom. The first-order valence-electron chi connectivity index (χ1n) is 11.4. The van der Waals surface area contributed by atoms with E-state index in [0.29, 0.717) is 24.4 Å². The van der Waals surface area contributed by atoms with Crippen molar-refractivity contribution >= 4 is 16.9 Å². The van der Waals surface area contributed by atoms with Gasteiger partial charge in [0.15, 0.2) is 5.65 Å². The number of hydrogen-bond acceptors (Lipinski definition) is 5. The van der Waals surface area contributed by atoms with Crippen LogP contribution in [0.4, 0.5) is 0 Å². The van der Waals surface area contributed by atoms with Crippen molar-refractivity contribution in [3.63, 3.8) is 0 Å². The second-order valence-electron chi connectivity index (χ2n) is 8.27. The summed E-state index contributed by atoms with van der Waals surface area (Å²) >= 11 is 0. The Morgan fingerprint density at radius 2 is 1.83 bits per heavy atom. The predicted molar refractivity (Wildman–Crippen MR) is 135 cm³/mol. The molecule has 5 aromatic rings. The number of rotatable bonds is 7. The Kier molecular flexibility index (Phi) is 6.22. The number of fused-ring (bicyclic) bond motifs is 1. The van der Waals surface area contributed by atoms with E-state index in [4.69, 9.17) is 9.72 Å². The van der Waals surface area contributed by atoms with Gasteiger partial charge in [0.2, 0.25) is 0 Å². The molecule has 7 heteroatoms. The number of aromatic nitrogens is 4. The van der Waals surface area contributed by atoms with Crippen LogP contribution in [0, 0.1) is 6.92 Å². The van der Waals surface area contributed by atoms with Crippen LogP contribution in [-0.2, 0) is 20.2 Å². The highest BCUT2D eigenvalue weighted by atomic mass is 16.5. The van der Waals surface area contributed by atoms with E-state index in [9.17, 15) is 4.79 Å². The summed E-state index contributed by atoms with van der Waals surface area (Å²) < 4.78 is 7.59. The average molecular weight is 464 g/mol. The smallest absolute Gasteiger partial charge is 0.252 e. The second kappa shape index (κ2) is 9.77. The molecule has 0 radical (unpaired) electrons. The van der Waals surface area contributed by atoms with E-state index in [1.165, 1.54) is 0 Å². The van der Waals surface area contributed by atoms with Crippen LogP contribution in [0.15, 0.2) is 85.1 Å². The fourth-order valence-corrected chi connectivity index (χ4v) is 4.04. The summed E-state index contributed by atoms with van der Waals surface area (Å²) in [7, 11) is 1.84. The molecule has 0 spiro atoms. The third-order valence-corrected chi connectivity index (χ3v) is 5.75. The Balaban J connectivity index is 1.36. The largest absolute Gasteiger partial charge is 0.487 e. The summed E-state index contributed by atoms with van der Waals surface area (Å²) in [5, 5.41) is 8.31. The third-order valence-electron chi connectivity index (χ3n) is 5.75. The molecule has 0 aliphatic rings. The Bertz CT molecular complexity index is 1480. The molecule has 1 N–H and O–H groups in total.